The molecule has 28 heavy (non-hydrogen) atoms. The second kappa shape index (κ2) is 9.57. The molecule has 1 fully saturated rings. The molecule has 1 aromatic rings. The number of para-hydroxylation sites is 2. The number of fused-ring (bicyclic) bond motifs is 1. The summed E-state index contributed by atoms with van der Waals surface area (Å²) in [4.78, 5) is 38.7. The van der Waals surface area contributed by atoms with Gasteiger partial charge in [0.05, 0.1) is 5.69 Å². The SMILES string of the molecule is CCC[C@H](OC(=O)CN1C(=O)COc2ccccc21)C(=O)NC1CCCCC1. The zero-order chi connectivity index (χ0) is 19.9. The molecule has 7 nitrogen and oxygen atoms in total. The number of ether oxygens (including phenoxy) is 2. The van der Waals surface area contributed by atoms with Gasteiger partial charge in [-0.3, -0.25) is 19.3 Å². The average Bonchev–Trinajstić information content (AvgIpc) is 2.70. The van der Waals surface area contributed by atoms with Crippen molar-refractivity contribution >= 4 is 23.5 Å². The third-order valence-corrected chi connectivity index (χ3v) is 5.16. The molecule has 3 rings (SSSR count). The molecular formula is C21H28N2O5. The summed E-state index contributed by atoms with van der Waals surface area (Å²) in [7, 11) is 0. The van der Waals surface area contributed by atoms with Crippen molar-refractivity contribution in [3.63, 3.8) is 0 Å². The number of nitrogens with one attached hydrogen (secondary N) is 1. The van der Waals surface area contributed by atoms with E-state index in [1.165, 1.54) is 11.3 Å². The highest BCUT2D eigenvalue weighted by Crippen LogP contribution is 2.31. The smallest absolute Gasteiger partial charge is 0.326 e. The molecule has 0 bridgehead atoms. The minimum atomic E-state index is -0.828. The fourth-order valence-electron chi connectivity index (χ4n) is 3.70. The van der Waals surface area contributed by atoms with Gasteiger partial charge < -0.3 is 14.8 Å². The maximum absolute atomic E-state index is 12.6. The molecule has 152 valence electrons. The van der Waals surface area contributed by atoms with Crippen molar-refractivity contribution in [2.45, 2.75) is 64.0 Å². The number of benzene rings is 1. The first kappa shape index (κ1) is 20.2. The Hall–Kier alpha value is -2.57. The van der Waals surface area contributed by atoms with Crippen LogP contribution in [0.25, 0.3) is 0 Å². The number of hydrogen-bond donors (Lipinski definition) is 1. The predicted octanol–water partition coefficient (Wildman–Crippen LogP) is 2.57. The van der Waals surface area contributed by atoms with Crippen LogP contribution in [0.5, 0.6) is 5.75 Å². The Morgan fingerprint density at radius 2 is 2.00 bits per heavy atom. The van der Waals surface area contributed by atoms with E-state index in [0.29, 0.717) is 17.9 Å². The van der Waals surface area contributed by atoms with Gasteiger partial charge in [-0.25, -0.2) is 0 Å². The lowest BCUT2D eigenvalue weighted by molar-refractivity contribution is -0.155. The minimum Gasteiger partial charge on any atom is -0.482 e. The number of amides is 2. The Balaban J connectivity index is 1.61. The van der Waals surface area contributed by atoms with Gasteiger partial charge in [0.1, 0.15) is 12.3 Å². The number of esters is 1. The number of nitrogens with zero attached hydrogens (tertiary/aromatic N) is 1. The fraction of sp³-hybridized carbons (Fsp3) is 0.571. The van der Waals surface area contributed by atoms with Gasteiger partial charge in [-0.15, -0.1) is 0 Å². The van der Waals surface area contributed by atoms with Gasteiger partial charge in [0.25, 0.3) is 11.8 Å². The van der Waals surface area contributed by atoms with Crippen molar-refractivity contribution in [2.75, 3.05) is 18.1 Å². The second-order valence-electron chi connectivity index (χ2n) is 7.35. The fourth-order valence-corrected chi connectivity index (χ4v) is 3.70. The zero-order valence-corrected chi connectivity index (χ0v) is 16.3. The summed E-state index contributed by atoms with van der Waals surface area (Å²) < 4.78 is 10.9. The van der Waals surface area contributed by atoms with E-state index < -0.39 is 12.1 Å². The van der Waals surface area contributed by atoms with Gasteiger partial charge in [-0.2, -0.15) is 0 Å². The lowest BCUT2D eigenvalue weighted by Gasteiger charge is -2.29. The molecule has 0 saturated heterocycles. The molecule has 1 aliphatic heterocycles. The molecule has 1 atom stereocenters. The second-order valence-corrected chi connectivity index (χ2v) is 7.35. The van der Waals surface area contributed by atoms with E-state index in [4.69, 9.17) is 9.47 Å². The standard InChI is InChI=1S/C21H28N2O5/c1-2-8-18(21(26)22-15-9-4-3-5-10-15)28-20(25)13-23-16-11-6-7-12-17(16)27-14-19(23)24/h6-7,11-12,15,18H,2-5,8-10,13-14H2,1H3,(H,22,26)/t18-/m0/s1. The van der Waals surface area contributed by atoms with Crippen LogP contribution in [-0.4, -0.2) is 43.1 Å². The molecule has 2 aliphatic rings. The molecule has 0 radical (unpaired) electrons. The van der Waals surface area contributed by atoms with Gasteiger partial charge in [0.15, 0.2) is 12.7 Å². The maximum atomic E-state index is 12.6. The summed E-state index contributed by atoms with van der Waals surface area (Å²) in [5.74, 6) is -0.595. The molecule has 1 heterocycles. The van der Waals surface area contributed by atoms with E-state index in [2.05, 4.69) is 5.32 Å². The number of anilines is 1. The normalized spacial score (nSPS) is 18.0. The van der Waals surface area contributed by atoms with E-state index >= 15 is 0 Å². The van der Waals surface area contributed by atoms with Crippen LogP contribution >= 0.6 is 0 Å². The van der Waals surface area contributed by atoms with Gasteiger partial charge >= 0.3 is 5.97 Å². The third kappa shape index (κ3) is 5.03. The third-order valence-electron chi connectivity index (χ3n) is 5.16. The van der Waals surface area contributed by atoms with Crippen LogP contribution in [0, 0.1) is 0 Å². The Kier molecular flexibility index (Phi) is 6.90. The van der Waals surface area contributed by atoms with E-state index in [1.807, 2.05) is 6.92 Å². The largest absolute Gasteiger partial charge is 0.482 e. The van der Waals surface area contributed by atoms with Crippen molar-refractivity contribution in [1.82, 2.24) is 5.32 Å². The molecule has 1 aliphatic carbocycles. The summed E-state index contributed by atoms with van der Waals surface area (Å²) >= 11 is 0. The molecule has 1 N–H and O–H groups in total. The van der Waals surface area contributed by atoms with Crippen LogP contribution in [0.15, 0.2) is 24.3 Å². The first-order valence-corrected chi connectivity index (χ1v) is 10.1. The van der Waals surface area contributed by atoms with Gasteiger partial charge in [-0.1, -0.05) is 44.7 Å². The monoisotopic (exact) mass is 388 g/mol. The minimum absolute atomic E-state index is 0.120. The first-order chi connectivity index (χ1) is 13.6. The maximum Gasteiger partial charge on any atom is 0.326 e. The van der Waals surface area contributed by atoms with E-state index in [-0.39, 0.29) is 31.0 Å². The summed E-state index contributed by atoms with van der Waals surface area (Å²) in [6, 6.07) is 7.21. The molecule has 0 spiro atoms. The topological polar surface area (TPSA) is 84.9 Å². The Morgan fingerprint density at radius 1 is 1.25 bits per heavy atom. The molecule has 1 aromatic carbocycles. The Morgan fingerprint density at radius 3 is 2.75 bits per heavy atom. The highest BCUT2D eigenvalue weighted by molar-refractivity contribution is 6.01. The van der Waals surface area contributed by atoms with Crippen LogP contribution in [0.2, 0.25) is 0 Å². The lowest BCUT2D eigenvalue weighted by atomic mass is 9.95. The molecule has 0 aromatic heterocycles. The van der Waals surface area contributed by atoms with Crippen molar-refractivity contribution in [3.8, 4) is 5.75 Å². The lowest BCUT2D eigenvalue weighted by Crippen LogP contribution is -2.46. The summed E-state index contributed by atoms with van der Waals surface area (Å²) in [5.41, 5.74) is 0.536. The summed E-state index contributed by atoms with van der Waals surface area (Å²) in [6.45, 7) is 1.58. The highest BCUT2D eigenvalue weighted by Gasteiger charge is 2.30. The van der Waals surface area contributed by atoms with E-state index in [1.54, 1.807) is 24.3 Å². The van der Waals surface area contributed by atoms with E-state index in [0.717, 1.165) is 32.1 Å². The van der Waals surface area contributed by atoms with Crippen molar-refractivity contribution in [2.24, 2.45) is 0 Å². The zero-order valence-electron chi connectivity index (χ0n) is 16.3. The molecular weight excluding hydrogens is 360 g/mol. The van der Waals surface area contributed by atoms with Crippen LogP contribution in [0.4, 0.5) is 5.69 Å². The number of rotatable bonds is 7. The number of hydrogen-bond acceptors (Lipinski definition) is 5. The molecule has 0 unspecified atom stereocenters. The molecule has 2 amide bonds. The quantitative estimate of drug-likeness (QED) is 0.726. The average molecular weight is 388 g/mol. The van der Waals surface area contributed by atoms with Crippen LogP contribution < -0.4 is 15.0 Å². The van der Waals surface area contributed by atoms with Gasteiger partial charge in [0, 0.05) is 6.04 Å². The molecule has 7 heteroatoms. The first-order valence-electron chi connectivity index (χ1n) is 10.1. The molecule has 1 saturated carbocycles. The van der Waals surface area contributed by atoms with Crippen molar-refractivity contribution < 1.29 is 23.9 Å². The van der Waals surface area contributed by atoms with Crippen molar-refractivity contribution in [1.29, 1.82) is 0 Å². The number of carbonyl (C=O) groups excluding carboxylic acids is 3. The van der Waals surface area contributed by atoms with Gasteiger partial charge in [-0.05, 0) is 31.4 Å². The number of carbonyl (C=O) groups is 3. The van der Waals surface area contributed by atoms with Crippen LogP contribution in [0.3, 0.4) is 0 Å². The van der Waals surface area contributed by atoms with Crippen LogP contribution in [-0.2, 0) is 19.1 Å². The summed E-state index contributed by atoms with van der Waals surface area (Å²) in [6.07, 6.45) is 5.71. The Labute approximate surface area is 165 Å². The van der Waals surface area contributed by atoms with Crippen LogP contribution in [0.1, 0.15) is 51.9 Å². The summed E-state index contributed by atoms with van der Waals surface area (Å²) in [5, 5.41) is 3.02. The van der Waals surface area contributed by atoms with Gasteiger partial charge in [0.2, 0.25) is 0 Å². The highest BCUT2D eigenvalue weighted by atomic mass is 16.5. The van der Waals surface area contributed by atoms with E-state index in [9.17, 15) is 14.4 Å². The Bertz CT molecular complexity index is 715. The predicted molar refractivity (Wildman–Crippen MR) is 104 cm³/mol. The van der Waals surface area contributed by atoms with Crippen molar-refractivity contribution in [3.05, 3.63) is 24.3 Å².